The Labute approximate surface area is 112 Å². The molecular weight excluding hydrogens is 269 g/mol. The van der Waals surface area contributed by atoms with Crippen LogP contribution in [0.3, 0.4) is 0 Å². The summed E-state index contributed by atoms with van der Waals surface area (Å²) in [6.07, 6.45) is 0.665. The Hall–Kier alpha value is -1.49. The van der Waals surface area contributed by atoms with Crippen LogP contribution in [0.2, 0.25) is 0 Å². The maximum Gasteiger partial charge on any atom is 0.240 e. The maximum atomic E-state index is 13.1. The average Bonchev–Trinajstić information content (AvgIpc) is 2.35. The van der Waals surface area contributed by atoms with Crippen LogP contribution in [-0.4, -0.2) is 40.5 Å². The number of hydrogen-bond acceptors (Lipinski definition) is 4. The first kappa shape index (κ1) is 15.6. The molecule has 0 bridgehead atoms. The third kappa shape index (κ3) is 4.59. The second-order valence-electron chi connectivity index (χ2n) is 4.31. The van der Waals surface area contributed by atoms with E-state index in [1.165, 1.54) is 0 Å². The van der Waals surface area contributed by atoms with E-state index in [9.17, 15) is 12.8 Å². The number of nitrogens with one attached hydrogen (secondary N) is 1. The van der Waals surface area contributed by atoms with Gasteiger partial charge in [0.25, 0.3) is 0 Å². The molecule has 0 heterocycles. The molecule has 0 saturated heterocycles. The van der Waals surface area contributed by atoms with Crippen LogP contribution in [0.4, 0.5) is 4.39 Å². The molecule has 0 aliphatic carbocycles. The molecule has 0 aliphatic heterocycles. The van der Waals surface area contributed by atoms with Crippen LogP contribution in [0.1, 0.15) is 12.0 Å². The Bertz CT molecular complexity index is 579. The highest BCUT2D eigenvalue weighted by atomic mass is 32.2. The largest absolute Gasteiger partial charge is 0.309 e. The number of nitrogens with zero attached hydrogens (tertiary/aromatic N) is 2. The van der Waals surface area contributed by atoms with E-state index in [0.29, 0.717) is 13.0 Å². The molecule has 7 heteroatoms. The minimum atomic E-state index is -3.69. The summed E-state index contributed by atoms with van der Waals surface area (Å²) in [5.41, 5.74) is -0.281. The van der Waals surface area contributed by atoms with E-state index in [2.05, 4.69) is 4.72 Å². The zero-order valence-corrected chi connectivity index (χ0v) is 11.7. The van der Waals surface area contributed by atoms with Gasteiger partial charge in [0.2, 0.25) is 10.0 Å². The minimum Gasteiger partial charge on any atom is -0.309 e. The van der Waals surface area contributed by atoms with Gasteiger partial charge in [-0.1, -0.05) is 0 Å². The Kier molecular flexibility index (Phi) is 5.42. The van der Waals surface area contributed by atoms with Crippen LogP contribution in [0.5, 0.6) is 0 Å². The molecule has 0 atom stereocenters. The lowest BCUT2D eigenvalue weighted by molar-refractivity contribution is 0.400. The Morgan fingerprint density at radius 1 is 1.42 bits per heavy atom. The molecule has 0 aromatic heterocycles. The molecule has 0 amide bonds. The highest BCUT2D eigenvalue weighted by Gasteiger charge is 2.15. The van der Waals surface area contributed by atoms with E-state index in [1.54, 1.807) is 6.07 Å². The average molecular weight is 285 g/mol. The van der Waals surface area contributed by atoms with Crippen molar-refractivity contribution in [3.05, 3.63) is 29.6 Å². The zero-order chi connectivity index (χ0) is 14.5. The van der Waals surface area contributed by atoms with Crippen molar-refractivity contribution in [2.45, 2.75) is 11.3 Å². The molecule has 1 N–H and O–H groups in total. The number of halogens is 1. The normalized spacial score (nSPS) is 11.5. The van der Waals surface area contributed by atoms with Crippen molar-refractivity contribution in [3.63, 3.8) is 0 Å². The first-order chi connectivity index (χ1) is 8.86. The number of nitriles is 1. The van der Waals surface area contributed by atoms with Gasteiger partial charge in [-0.15, -0.1) is 0 Å². The lowest BCUT2D eigenvalue weighted by atomic mass is 10.2. The van der Waals surface area contributed by atoms with Gasteiger partial charge in [0.1, 0.15) is 11.9 Å². The van der Waals surface area contributed by atoms with Gasteiger partial charge in [-0.25, -0.2) is 17.5 Å². The topological polar surface area (TPSA) is 73.2 Å². The summed E-state index contributed by atoms with van der Waals surface area (Å²) >= 11 is 0. The zero-order valence-electron chi connectivity index (χ0n) is 10.9. The molecule has 0 spiro atoms. The highest BCUT2D eigenvalue weighted by molar-refractivity contribution is 7.89. The van der Waals surface area contributed by atoms with E-state index in [1.807, 2.05) is 19.0 Å². The van der Waals surface area contributed by atoms with Crippen molar-refractivity contribution in [2.75, 3.05) is 27.2 Å². The van der Waals surface area contributed by atoms with Crippen LogP contribution >= 0.6 is 0 Å². The molecule has 1 aromatic rings. The molecular formula is C12H16FN3O2S. The highest BCUT2D eigenvalue weighted by Crippen LogP contribution is 2.14. The molecule has 0 saturated carbocycles. The molecule has 1 aromatic carbocycles. The van der Waals surface area contributed by atoms with Gasteiger partial charge in [0.15, 0.2) is 0 Å². The molecule has 0 aliphatic rings. The number of rotatable bonds is 6. The van der Waals surface area contributed by atoms with E-state index in [-0.39, 0.29) is 10.5 Å². The van der Waals surface area contributed by atoms with Crippen molar-refractivity contribution < 1.29 is 12.8 Å². The number of sulfonamides is 1. The van der Waals surface area contributed by atoms with Crippen molar-refractivity contribution in [2.24, 2.45) is 0 Å². The number of hydrogen-bond donors (Lipinski definition) is 1. The van der Waals surface area contributed by atoms with Gasteiger partial charge in [-0.2, -0.15) is 5.26 Å². The van der Waals surface area contributed by atoms with Crippen molar-refractivity contribution >= 4 is 10.0 Å². The monoisotopic (exact) mass is 285 g/mol. The lowest BCUT2D eigenvalue weighted by Crippen LogP contribution is -2.27. The second kappa shape index (κ2) is 6.61. The summed E-state index contributed by atoms with van der Waals surface area (Å²) < 4.78 is 39.3. The van der Waals surface area contributed by atoms with Crippen molar-refractivity contribution in [3.8, 4) is 6.07 Å². The number of benzene rings is 1. The first-order valence-corrected chi connectivity index (χ1v) is 7.19. The van der Waals surface area contributed by atoms with Gasteiger partial charge < -0.3 is 4.90 Å². The molecule has 0 radical (unpaired) electrons. The van der Waals surface area contributed by atoms with Crippen LogP contribution in [0.25, 0.3) is 0 Å². The first-order valence-electron chi connectivity index (χ1n) is 5.71. The summed E-state index contributed by atoms with van der Waals surface area (Å²) in [6.45, 7) is 1.05. The third-order valence-corrected chi connectivity index (χ3v) is 3.90. The predicted molar refractivity (Wildman–Crippen MR) is 69.5 cm³/mol. The standard InChI is InChI=1S/C12H16FN3O2S/c1-16(2)7-3-6-15-19(17,18)11-4-5-12(13)10(8-11)9-14/h4-5,8,15H,3,6-7H2,1-2H3. The fourth-order valence-corrected chi connectivity index (χ4v) is 2.54. The van der Waals surface area contributed by atoms with E-state index in [0.717, 1.165) is 24.7 Å². The molecule has 104 valence electrons. The summed E-state index contributed by atoms with van der Waals surface area (Å²) in [4.78, 5) is 1.84. The molecule has 0 unspecified atom stereocenters. The minimum absolute atomic E-state index is 0.102. The molecule has 5 nitrogen and oxygen atoms in total. The smallest absolute Gasteiger partial charge is 0.240 e. The maximum absolute atomic E-state index is 13.1. The van der Waals surface area contributed by atoms with Gasteiger partial charge in [0.05, 0.1) is 10.5 Å². The van der Waals surface area contributed by atoms with Crippen LogP contribution in [0.15, 0.2) is 23.1 Å². The van der Waals surface area contributed by atoms with Crippen molar-refractivity contribution in [1.82, 2.24) is 9.62 Å². The SMILES string of the molecule is CN(C)CCCNS(=O)(=O)c1ccc(F)c(C#N)c1. The van der Waals surface area contributed by atoms with Crippen LogP contribution in [-0.2, 0) is 10.0 Å². The lowest BCUT2D eigenvalue weighted by Gasteiger charge is -2.10. The molecule has 0 fully saturated rings. The van der Waals surface area contributed by atoms with Gasteiger partial charge in [-0.05, 0) is 45.3 Å². The summed E-state index contributed by atoms with van der Waals surface area (Å²) in [6, 6.07) is 4.77. The van der Waals surface area contributed by atoms with Gasteiger partial charge in [-0.3, -0.25) is 0 Å². The summed E-state index contributed by atoms with van der Waals surface area (Å²) in [7, 11) is 0.0991. The second-order valence-corrected chi connectivity index (χ2v) is 6.08. The third-order valence-electron chi connectivity index (χ3n) is 2.44. The van der Waals surface area contributed by atoms with Crippen LogP contribution < -0.4 is 4.72 Å². The van der Waals surface area contributed by atoms with Crippen molar-refractivity contribution in [1.29, 1.82) is 5.26 Å². The molecule has 19 heavy (non-hydrogen) atoms. The van der Waals surface area contributed by atoms with E-state index >= 15 is 0 Å². The predicted octanol–water partition coefficient (Wildman–Crippen LogP) is 0.927. The fourth-order valence-electron chi connectivity index (χ4n) is 1.44. The van der Waals surface area contributed by atoms with Crippen LogP contribution in [0, 0.1) is 17.1 Å². The van der Waals surface area contributed by atoms with E-state index in [4.69, 9.17) is 5.26 Å². The Balaban J connectivity index is 2.75. The van der Waals surface area contributed by atoms with Gasteiger partial charge >= 0.3 is 0 Å². The molecule has 1 rings (SSSR count). The van der Waals surface area contributed by atoms with Gasteiger partial charge in [0, 0.05) is 6.54 Å². The fraction of sp³-hybridized carbons (Fsp3) is 0.417. The Morgan fingerprint density at radius 2 is 2.11 bits per heavy atom. The summed E-state index contributed by atoms with van der Waals surface area (Å²) in [5, 5.41) is 8.67. The quantitative estimate of drug-likeness (QED) is 0.789. The Morgan fingerprint density at radius 3 is 2.68 bits per heavy atom. The summed E-state index contributed by atoms with van der Waals surface area (Å²) in [5.74, 6) is -0.728. The van der Waals surface area contributed by atoms with E-state index < -0.39 is 15.8 Å².